The van der Waals surface area contributed by atoms with Crippen LogP contribution < -0.4 is 5.32 Å². The molecule has 4 atom stereocenters. The van der Waals surface area contributed by atoms with Crippen molar-refractivity contribution in [1.29, 1.82) is 0 Å². The minimum atomic E-state index is 0.673. The van der Waals surface area contributed by atoms with E-state index < -0.39 is 0 Å². The fourth-order valence-corrected chi connectivity index (χ4v) is 4.13. The molecule has 4 rings (SSSR count). The maximum Gasteiger partial charge on any atom is 0.0425 e. The number of allylic oxidation sites excluding steroid dienone is 3. The second kappa shape index (κ2) is 3.47. The number of hydrogen-bond donors (Lipinski definition) is 1. The third kappa shape index (κ3) is 1.42. The molecule has 0 aromatic heterocycles. The summed E-state index contributed by atoms with van der Waals surface area (Å²) in [4.78, 5) is 4.60. The molecule has 0 aromatic carbocycles. The summed E-state index contributed by atoms with van der Waals surface area (Å²) < 4.78 is 0. The summed E-state index contributed by atoms with van der Waals surface area (Å²) in [5.41, 5.74) is 4.87. The Morgan fingerprint density at radius 3 is 3.24 bits per heavy atom. The van der Waals surface area contributed by atoms with Crippen LogP contribution in [0.25, 0.3) is 0 Å². The standard InChI is InChI=1S/C15H20N2/c1-9-13-6-12-4-10-5-14(9)17-15(13)7-11(12)2-3-16-8-10/h7-10,13-14,17H,2-6H2,1H3. The fourth-order valence-electron chi connectivity index (χ4n) is 4.13. The van der Waals surface area contributed by atoms with Crippen molar-refractivity contribution < 1.29 is 0 Å². The highest BCUT2D eigenvalue weighted by Crippen LogP contribution is 2.46. The van der Waals surface area contributed by atoms with E-state index in [1.54, 1.807) is 11.1 Å². The molecular formula is C15H20N2. The molecule has 1 saturated carbocycles. The van der Waals surface area contributed by atoms with Crippen molar-refractivity contribution in [2.75, 3.05) is 6.54 Å². The van der Waals surface area contributed by atoms with Gasteiger partial charge < -0.3 is 5.32 Å². The molecule has 4 unspecified atom stereocenters. The maximum absolute atomic E-state index is 4.60. The van der Waals surface area contributed by atoms with E-state index in [-0.39, 0.29) is 0 Å². The Balaban J connectivity index is 1.84. The van der Waals surface area contributed by atoms with Crippen molar-refractivity contribution in [2.45, 2.75) is 38.6 Å². The predicted octanol–water partition coefficient (Wildman–Crippen LogP) is 2.68. The number of nitrogens with one attached hydrogen (secondary N) is 1. The zero-order chi connectivity index (χ0) is 11.4. The molecule has 2 fully saturated rings. The first kappa shape index (κ1) is 9.93. The van der Waals surface area contributed by atoms with Gasteiger partial charge in [-0.25, -0.2) is 0 Å². The molecule has 2 heteroatoms. The highest BCUT2D eigenvalue weighted by molar-refractivity contribution is 5.62. The highest BCUT2D eigenvalue weighted by Gasteiger charge is 2.41. The summed E-state index contributed by atoms with van der Waals surface area (Å²) in [6.07, 6.45) is 9.71. The van der Waals surface area contributed by atoms with Crippen LogP contribution in [0.4, 0.5) is 0 Å². The first-order valence-electron chi connectivity index (χ1n) is 7.00. The van der Waals surface area contributed by atoms with E-state index in [0.717, 1.165) is 24.8 Å². The van der Waals surface area contributed by atoms with E-state index >= 15 is 0 Å². The third-order valence-electron chi connectivity index (χ3n) is 5.16. The van der Waals surface area contributed by atoms with Gasteiger partial charge in [0, 0.05) is 30.4 Å². The van der Waals surface area contributed by atoms with Crippen LogP contribution in [0.15, 0.2) is 27.9 Å². The van der Waals surface area contributed by atoms with Crippen LogP contribution in [0, 0.1) is 17.8 Å². The van der Waals surface area contributed by atoms with Crippen molar-refractivity contribution >= 4 is 6.21 Å². The lowest BCUT2D eigenvalue weighted by atomic mass is 9.73. The van der Waals surface area contributed by atoms with Crippen LogP contribution in [0.5, 0.6) is 0 Å². The summed E-state index contributed by atoms with van der Waals surface area (Å²) in [6.45, 7) is 3.42. The normalized spacial score (nSPS) is 42.8. The molecule has 1 N–H and O–H groups in total. The van der Waals surface area contributed by atoms with E-state index in [2.05, 4.69) is 29.5 Å². The lowest BCUT2D eigenvalue weighted by Crippen LogP contribution is -2.30. The van der Waals surface area contributed by atoms with Crippen molar-refractivity contribution in [3.8, 4) is 0 Å². The van der Waals surface area contributed by atoms with Gasteiger partial charge in [0.15, 0.2) is 0 Å². The molecule has 2 heterocycles. The molecule has 0 aromatic rings. The minimum Gasteiger partial charge on any atom is -0.385 e. The van der Waals surface area contributed by atoms with Crippen LogP contribution >= 0.6 is 0 Å². The lowest BCUT2D eigenvalue weighted by molar-refractivity contribution is 0.335. The van der Waals surface area contributed by atoms with Gasteiger partial charge in [-0.15, -0.1) is 0 Å². The lowest BCUT2D eigenvalue weighted by Gasteiger charge is -2.31. The van der Waals surface area contributed by atoms with Crippen LogP contribution in [-0.2, 0) is 0 Å². The quantitative estimate of drug-likeness (QED) is 0.677. The third-order valence-corrected chi connectivity index (χ3v) is 5.16. The zero-order valence-electron chi connectivity index (χ0n) is 10.4. The van der Waals surface area contributed by atoms with Crippen LogP contribution in [-0.4, -0.2) is 18.8 Å². The van der Waals surface area contributed by atoms with E-state index in [1.165, 1.54) is 25.0 Å². The van der Waals surface area contributed by atoms with Crippen LogP contribution in [0.3, 0.4) is 0 Å². The Labute approximate surface area is 103 Å². The molecule has 4 aliphatic rings. The van der Waals surface area contributed by atoms with E-state index in [9.17, 15) is 0 Å². The smallest absolute Gasteiger partial charge is 0.0425 e. The maximum atomic E-state index is 4.60. The fraction of sp³-hybridized carbons (Fsp3) is 0.667. The highest BCUT2D eigenvalue weighted by atomic mass is 15.0. The van der Waals surface area contributed by atoms with Gasteiger partial charge in [-0.2, -0.15) is 0 Å². The van der Waals surface area contributed by atoms with Gasteiger partial charge in [-0.1, -0.05) is 12.5 Å². The monoisotopic (exact) mass is 228 g/mol. The van der Waals surface area contributed by atoms with Gasteiger partial charge in [0.2, 0.25) is 0 Å². The second-order valence-corrected chi connectivity index (χ2v) is 6.15. The Morgan fingerprint density at radius 1 is 1.35 bits per heavy atom. The van der Waals surface area contributed by atoms with E-state index in [1.807, 2.05) is 0 Å². The Bertz CT molecular complexity index is 444. The molecule has 90 valence electrons. The molecule has 4 bridgehead atoms. The van der Waals surface area contributed by atoms with Gasteiger partial charge in [0.1, 0.15) is 0 Å². The molecule has 2 aliphatic heterocycles. The molecule has 17 heavy (non-hydrogen) atoms. The first-order chi connectivity index (χ1) is 8.31. The molecule has 0 amide bonds. The Kier molecular flexibility index (Phi) is 2.03. The SMILES string of the molecule is CC1C2CC3C=NCCC4=C(C3)CC1C(=C4)N2. The van der Waals surface area contributed by atoms with Gasteiger partial charge >= 0.3 is 0 Å². The number of rotatable bonds is 0. The van der Waals surface area contributed by atoms with Crippen LogP contribution in [0.1, 0.15) is 32.6 Å². The summed E-state index contributed by atoms with van der Waals surface area (Å²) >= 11 is 0. The second-order valence-electron chi connectivity index (χ2n) is 6.15. The molecule has 0 spiro atoms. The molecular weight excluding hydrogens is 208 g/mol. The number of hydrogen-bond acceptors (Lipinski definition) is 2. The molecule has 1 saturated heterocycles. The van der Waals surface area contributed by atoms with Crippen molar-refractivity contribution in [3.05, 3.63) is 22.9 Å². The Morgan fingerprint density at radius 2 is 2.29 bits per heavy atom. The zero-order valence-corrected chi connectivity index (χ0v) is 10.4. The Hall–Kier alpha value is -1.05. The van der Waals surface area contributed by atoms with Crippen molar-refractivity contribution in [3.63, 3.8) is 0 Å². The largest absolute Gasteiger partial charge is 0.385 e. The van der Waals surface area contributed by atoms with E-state index in [4.69, 9.17) is 0 Å². The summed E-state index contributed by atoms with van der Waals surface area (Å²) in [7, 11) is 0. The predicted molar refractivity (Wildman–Crippen MR) is 70.0 cm³/mol. The molecule has 0 radical (unpaired) electrons. The first-order valence-corrected chi connectivity index (χ1v) is 7.00. The van der Waals surface area contributed by atoms with Crippen molar-refractivity contribution in [2.24, 2.45) is 22.7 Å². The molecule has 2 nitrogen and oxygen atoms in total. The van der Waals surface area contributed by atoms with E-state index in [0.29, 0.717) is 12.0 Å². The minimum absolute atomic E-state index is 0.673. The van der Waals surface area contributed by atoms with Gasteiger partial charge in [-0.05, 0) is 49.2 Å². The summed E-state index contributed by atoms with van der Waals surface area (Å²) in [5.74, 6) is 2.26. The van der Waals surface area contributed by atoms with Gasteiger partial charge in [-0.3, -0.25) is 4.99 Å². The topological polar surface area (TPSA) is 24.4 Å². The number of aliphatic imine (C=N–C) groups is 1. The van der Waals surface area contributed by atoms with Crippen molar-refractivity contribution in [1.82, 2.24) is 5.32 Å². The van der Waals surface area contributed by atoms with Gasteiger partial charge in [0.25, 0.3) is 0 Å². The van der Waals surface area contributed by atoms with Crippen LogP contribution in [0.2, 0.25) is 0 Å². The average molecular weight is 228 g/mol. The average Bonchev–Trinajstić information content (AvgIpc) is 2.62. The number of fused-ring (bicyclic) bond motifs is 2. The van der Waals surface area contributed by atoms with Gasteiger partial charge in [0.05, 0.1) is 0 Å². The number of nitrogens with zero attached hydrogens (tertiary/aromatic N) is 1. The summed E-state index contributed by atoms with van der Waals surface area (Å²) in [6, 6.07) is 0.682. The molecule has 2 aliphatic carbocycles. The summed E-state index contributed by atoms with van der Waals surface area (Å²) in [5, 5.41) is 3.79.